The van der Waals surface area contributed by atoms with Crippen molar-refractivity contribution in [1.29, 1.82) is 0 Å². The van der Waals surface area contributed by atoms with Gasteiger partial charge in [-0.1, -0.05) is 24.3 Å². The molecule has 0 radical (unpaired) electrons. The lowest BCUT2D eigenvalue weighted by Crippen LogP contribution is -2.48. The van der Waals surface area contributed by atoms with E-state index in [0.717, 1.165) is 39.0 Å². The van der Waals surface area contributed by atoms with E-state index in [-0.39, 0.29) is 36.8 Å². The van der Waals surface area contributed by atoms with E-state index in [1.807, 2.05) is 11.9 Å². The molecule has 6 heteroatoms. The topological polar surface area (TPSA) is 35.6 Å². The fourth-order valence-electron chi connectivity index (χ4n) is 3.48. The third kappa shape index (κ3) is 4.83. The number of nitrogens with one attached hydrogen (secondary N) is 1. The second-order valence-electron chi connectivity index (χ2n) is 6.14. The molecule has 1 aromatic carbocycles. The molecule has 1 saturated heterocycles. The van der Waals surface area contributed by atoms with Gasteiger partial charge in [-0.05, 0) is 30.4 Å². The molecule has 0 bridgehead atoms. The Morgan fingerprint density at radius 1 is 1.26 bits per heavy atom. The highest BCUT2D eigenvalue weighted by Crippen LogP contribution is 2.33. The maximum Gasteiger partial charge on any atom is 0.237 e. The Morgan fingerprint density at radius 3 is 2.70 bits per heavy atom. The van der Waals surface area contributed by atoms with Crippen LogP contribution < -0.4 is 5.32 Å². The molecule has 1 amide bonds. The van der Waals surface area contributed by atoms with Crippen LogP contribution in [0.5, 0.6) is 0 Å². The molecule has 1 unspecified atom stereocenters. The molecule has 1 aliphatic heterocycles. The van der Waals surface area contributed by atoms with Crippen molar-refractivity contribution in [1.82, 2.24) is 15.1 Å². The summed E-state index contributed by atoms with van der Waals surface area (Å²) in [4.78, 5) is 16.8. The van der Waals surface area contributed by atoms with Gasteiger partial charge in [-0.3, -0.25) is 9.69 Å². The van der Waals surface area contributed by atoms with Crippen molar-refractivity contribution in [2.45, 2.75) is 25.3 Å². The number of hydrogen-bond donors (Lipinski definition) is 1. The summed E-state index contributed by atoms with van der Waals surface area (Å²) < 4.78 is 0. The number of hydrogen-bond acceptors (Lipinski definition) is 3. The first kappa shape index (κ1) is 20.2. The first-order chi connectivity index (χ1) is 10.3. The third-order valence-corrected chi connectivity index (χ3v) is 4.77. The monoisotopic (exact) mass is 359 g/mol. The number of fused-ring (bicyclic) bond motifs is 1. The van der Waals surface area contributed by atoms with Crippen molar-refractivity contribution in [3.63, 3.8) is 0 Å². The highest BCUT2D eigenvalue weighted by atomic mass is 35.5. The van der Waals surface area contributed by atoms with Crippen LogP contribution in [-0.4, -0.2) is 55.5 Å². The van der Waals surface area contributed by atoms with Crippen molar-refractivity contribution < 1.29 is 4.79 Å². The van der Waals surface area contributed by atoms with Crippen LogP contribution in [-0.2, 0) is 11.2 Å². The van der Waals surface area contributed by atoms with Gasteiger partial charge in [0.05, 0.1) is 12.6 Å². The number of piperazine rings is 1. The normalized spacial score (nSPS) is 20.7. The summed E-state index contributed by atoms with van der Waals surface area (Å²) in [6, 6.07) is 8.84. The summed E-state index contributed by atoms with van der Waals surface area (Å²) in [5.41, 5.74) is 2.76. The van der Waals surface area contributed by atoms with Crippen molar-refractivity contribution in [3.8, 4) is 0 Å². The lowest BCUT2D eigenvalue weighted by molar-refractivity contribution is -0.133. The van der Waals surface area contributed by atoms with Gasteiger partial charge in [0.15, 0.2) is 0 Å². The minimum absolute atomic E-state index is 0. The van der Waals surface area contributed by atoms with Crippen LogP contribution in [0.4, 0.5) is 0 Å². The SMILES string of the molecule is CN(C(=O)CN1CCNCC1)C1CCCc2ccccc21.Cl.Cl. The van der Waals surface area contributed by atoms with Gasteiger partial charge in [-0.2, -0.15) is 0 Å². The van der Waals surface area contributed by atoms with Gasteiger partial charge in [0, 0.05) is 33.2 Å². The summed E-state index contributed by atoms with van der Waals surface area (Å²) in [6.45, 7) is 4.48. The summed E-state index contributed by atoms with van der Waals surface area (Å²) in [5, 5.41) is 3.33. The van der Waals surface area contributed by atoms with Gasteiger partial charge in [-0.25, -0.2) is 0 Å². The van der Waals surface area contributed by atoms with E-state index in [9.17, 15) is 4.79 Å². The van der Waals surface area contributed by atoms with E-state index in [2.05, 4.69) is 34.5 Å². The Labute approximate surface area is 151 Å². The molecule has 0 aromatic heterocycles. The van der Waals surface area contributed by atoms with Crippen LogP contribution in [0.15, 0.2) is 24.3 Å². The molecular weight excluding hydrogens is 333 g/mol. The van der Waals surface area contributed by atoms with E-state index in [1.54, 1.807) is 0 Å². The van der Waals surface area contributed by atoms with Crippen LogP contribution in [0.1, 0.15) is 30.0 Å². The number of carbonyl (C=O) groups excluding carboxylic acids is 1. The van der Waals surface area contributed by atoms with Gasteiger partial charge < -0.3 is 10.2 Å². The number of nitrogens with zero attached hydrogens (tertiary/aromatic N) is 2. The molecule has 2 aliphatic rings. The highest BCUT2D eigenvalue weighted by Gasteiger charge is 2.27. The van der Waals surface area contributed by atoms with Crippen LogP contribution in [0.2, 0.25) is 0 Å². The summed E-state index contributed by atoms with van der Waals surface area (Å²) in [5.74, 6) is 0.249. The molecule has 1 heterocycles. The van der Waals surface area contributed by atoms with Gasteiger partial charge in [0.25, 0.3) is 0 Å². The molecule has 1 aromatic rings. The number of likely N-dealkylation sites (N-methyl/N-ethyl adjacent to an activating group) is 1. The molecule has 4 nitrogen and oxygen atoms in total. The van der Waals surface area contributed by atoms with E-state index >= 15 is 0 Å². The molecule has 130 valence electrons. The lowest BCUT2D eigenvalue weighted by Gasteiger charge is -2.35. The molecule has 1 N–H and O–H groups in total. The maximum atomic E-state index is 12.6. The number of aryl methyl sites for hydroxylation is 1. The van der Waals surface area contributed by atoms with E-state index in [0.29, 0.717) is 6.54 Å². The van der Waals surface area contributed by atoms with Crippen LogP contribution >= 0.6 is 24.8 Å². The zero-order valence-electron chi connectivity index (χ0n) is 13.7. The fourth-order valence-corrected chi connectivity index (χ4v) is 3.48. The quantitative estimate of drug-likeness (QED) is 0.898. The Balaban J connectivity index is 0.00000132. The smallest absolute Gasteiger partial charge is 0.237 e. The Hall–Kier alpha value is -0.810. The zero-order valence-corrected chi connectivity index (χ0v) is 15.3. The summed E-state index contributed by atoms with van der Waals surface area (Å²) >= 11 is 0. The molecule has 0 spiro atoms. The zero-order chi connectivity index (χ0) is 14.7. The Bertz CT molecular complexity index is 506. The number of rotatable bonds is 3. The van der Waals surface area contributed by atoms with E-state index in [4.69, 9.17) is 0 Å². The van der Waals surface area contributed by atoms with Gasteiger partial charge in [-0.15, -0.1) is 24.8 Å². The number of halogens is 2. The average molecular weight is 360 g/mol. The molecule has 0 saturated carbocycles. The first-order valence-corrected chi connectivity index (χ1v) is 8.02. The number of carbonyl (C=O) groups is 1. The largest absolute Gasteiger partial charge is 0.338 e. The highest BCUT2D eigenvalue weighted by molar-refractivity contribution is 5.85. The second kappa shape index (κ2) is 9.48. The van der Waals surface area contributed by atoms with Crippen molar-refractivity contribution in [2.75, 3.05) is 39.8 Å². The van der Waals surface area contributed by atoms with Crippen molar-refractivity contribution in [2.24, 2.45) is 0 Å². The van der Waals surface area contributed by atoms with Crippen LogP contribution in [0.3, 0.4) is 0 Å². The first-order valence-electron chi connectivity index (χ1n) is 8.02. The molecule has 23 heavy (non-hydrogen) atoms. The lowest BCUT2D eigenvalue weighted by atomic mass is 9.87. The van der Waals surface area contributed by atoms with E-state index in [1.165, 1.54) is 17.5 Å². The minimum Gasteiger partial charge on any atom is -0.338 e. The summed E-state index contributed by atoms with van der Waals surface area (Å²) in [7, 11) is 1.97. The average Bonchev–Trinajstić information content (AvgIpc) is 2.54. The van der Waals surface area contributed by atoms with Crippen molar-refractivity contribution in [3.05, 3.63) is 35.4 Å². The predicted octanol–water partition coefficient (Wildman–Crippen LogP) is 2.27. The molecular formula is C17H27Cl2N3O. The fraction of sp³-hybridized carbons (Fsp3) is 0.588. The Morgan fingerprint density at radius 2 is 1.96 bits per heavy atom. The molecule has 1 fully saturated rings. The molecule has 1 aliphatic carbocycles. The van der Waals surface area contributed by atoms with Crippen LogP contribution in [0, 0.1) is 0 Å². The molecule has 3 rings (SSSR count). The Kier molecular flexibility index (Phi) is 8.34. The van der Waals surface area contributed by atoms with Gasteiger partial charge in [0.2, 0.25) is 5.91 Å². The number of benzene rings is 1. The molecule has 1 atom stereocenters. The van der Waals surface area contributed by atoms with Crippen LogP contribution in [0.25, 0.3) is 0 Å². The van der Waals surface area contributed by atoms with Crippen molar-refractivity contribution >= 4 is 30.7 Å². The second-order valence-corrected chi connectivity index (χ2v) is 6.14. The van der Waals surface area contributed by atoms with Gasteiger partial charge in [0.1, 0.15) is 0 Å². The number of amides is 1. The predicted molar refractivity (Wildman–Crippen MR) is 98.7 cm³/mol. The van der Waals surface area contributed by atoms with Gasteiger partial charge >= 0.3 is 0 Å². The third-order valence-electron chi connectivity index (χ3n) is 4.77. The van der Waals surface area contributed by atoms with E-state index < -0.39 is 0 Å². The maximum absolute atomic E-state index is 12.6. The standard InChI is InChI=1S/C17H25N3O.2ClH/c1-19(17(21)13-20-11-9-18-10-12-20)16-8-4-6-14-5-2-3-7-15(14)16;;/h2-3,5,7,16,18H,4,6,8-13H2,1H3;2*1H. The summed E-state index contributed by atoms with van der Waals surface area (Å²) in [6.07, 6.45) is 3.40. The minimum atomic E-state index is 0.